The molecule has 0 atom stereocenters. The summed E-state index contributed by atoms with van der Waals surface area (Å²) in [5.41, 5.74) is 4.69. The van der Waals surface area contributed by atoms with Crippen LogP contribution in [-0.2, 0) is 7.05 Å². The molecule has 5 heterocycles. The van der Waals surface area contributed by atoms with Crippen molar-refractivity contribution in [3.05, 3.63) is 55.1 Å². The van der Waals surface area contributed by atoms with Crippen LogP contribution in [0.1, 0.15) is 0 Å². The summed E-state index contributed by atoms with van der Waals surface area (Å²) in [7, 11) is 1.90. The standard InChI is InChI=1S/C21H21N7O2/c1-25-14-16(12-23-25)15-5-6-28-18(13-22-20(28)11-15)17-3-2-4-19(24-17)26-7-9-27(10-8-26)21(29)30/h2-6,11-14H,7-10H2,1H3,(H,29,30). The van der Waals surface area contributed by atoms with Gasteiger partial charge in [-0.3, -0.25) is 9.08 Å². The molecule has 4 aromatic heterocycles. The van der Waals surface area contributed by atoms with E-state index in [1.807, 2.05) is 66.6 Å². The van der Waals surface area contributed by atoms with Gasteiger partial charge in [0.2, 0.25) is 0 Å². The Kier molecular flexibility index (Phi) is 4.35. The van der Waals surface area contributed by atoms with Gasteiger partial charge >= 0.3 is 6.09 Å². The van der Waals surface area contributed by atoms with E-state index in [2.05, 4.69) is 15.0 Å². The Morgan fingerprint density at radius 3 is 2.63 bits per heavy atom. The van der Waals surface area contributed by atoms with E-state index in [1.165, 1.54) is 4.90 Å². The molecular formula is C21H21N7O2. The molecule has 0 saturated carbocycles. The number of hydrogen-bond donors (Lipinski definition) is 1. The fourth-order valence-corrected chi connectivity index (χ4v) is 3.79. The topological polar surface area (TPSA) is 91.8 Å². The normalized spacial score (nSPS) is 14.4. The predicted octanol–water partition coefficient (Wildman–Crippen LogP) is 2.60. The number of amides is 1. The number of imidazole rings is 1. The first kappa shape index (κ1) is 18.2. The highest BCUT2D eigenvalue weighted by Crippen LogP contribution is 2.25. The maximum absolute atomic E-state index is 11.1. The Morgan fingerprint density at radius 2 is 1.90 bits per heavy atom. The van der Waals surface area contributed by atoms with Crippen molar-refractivity contribution in [2.75, 3.05) is 31.1 Å². The van der Waals surface area contributed by atoms with E-state index in [9.17, 15) is 4.79 Å². The minimum Gasteiger partial charge on any atom is -0.465 e. The molecule has 9 heteroatoms. The smallest absolute Gasteiger partial charge is 0.407 e. The van der Waals surface area contributed by atoms with E-state index in [1.54, 1.807) is 4.68 Å². The summed E-state index contributed by atoms with van der Waals surface area (Å²) in [6, 6.07) is 9.99. The van der Waals surface area contributed by atoms with Gasteiger partial charge in [-0.2, -0.15) is 5.10 Å². The van der Waals surface area contributed by atoms with Crippen molar-refractivity contribution >= 4 is 17.6 Å². The molecule has 1 aliphatic rings. The van der Waals surface area contributed by atoms with Crippen LogP contribution in [0.5, 0.6) is 0 Å². The van der Waals surface area contributed by atoms with Gasteiger partial charge in [-0.25, -0.2) is 14.8 Å². The van der Waals surface area contributed by atoms with E-state index in [0.717, 1.165) is 34.0 Å². The molecule has 0 radical (unpaired) electrons. The third-order valence-electron chi connectivity index (χ3n) is 5.42. The highest BCUT2D eigenvalue weighted by atomic mass is 16.4. The number of pyridine rings is 2. The van der Waals surface area contributed by atoms with Crippen molar-refractivity contribution in [3.8, 4) is 22.5 Å². The first-order valence-corrected chi connectivity index (χ1v) is 9.75. The van der Waals surface area contributed by atoms with Crippen molar-refractivity contribution < 1.29 is 9.90 Å². The highest BCUT2D eigenvalue weighted by Gasteiger charge is 2.21. The Labute approximate surface area is 172 Å². The molecule has 30 heavy (non-hydrogen) atoms. The van der Waals surface area contributed by atoms with Gasteiger partial charge in [0.15, 0.2) is 0 Å². The van der Waals surface area contributed by atoms with E-state index < -0.39 is 6.09 Å². The van der Waals surface area contributed by atoms with Crippen LogP contribution in [0.2, 0.25) is 0 Å². The number of rotatable bonds is 3. The fraction of sp³-hybridized carbons (Fsp3) is 0.238. The fourth-order valence-electron chi connectivity index (χ4n) is 3.79. The van der Waals surface area contributed by atoms with Crippen LogP contribution in [-0.4, -0.2) is 66.4 Å². The predicted molar refractivity (Wildman–Crippen MR) is 112 cm³/mol. The van der Waals surface area contributed by atoms with E-state index >= 15 is 0 Å². The second kappa shape index (κ2) is 7.18. The summed E-state index contributed by atoms with van der Waals surface area (Å²) in [6.07, 6.45) is 6.78. The molecule has 4 aromatic rings. The van der Waals surface area contributed by atoms with Gasteiger partial charge in [0.05, 0.1) is 23.8 Å². The average molecular weight is 403 g/mol. The van der Waals surface area contributed by atoms with Gasteiger partial charge in [0.1, 0.15) is 11.5 Å². The number of fused-ring (bicyclic) bond motifs is 1. The number of aromatic nitrogens is 5. The minimum absolute atomic E-state index is 0.480. The Morgan fingerprint density at radius 1 is 1.07 bits per heavy atom. The molecule has 0 spiro atoms. The third-order valence-corrected chi connectivity index (χ3v) is 5.42. The lowest BCUT2D eigenvalue weighted by Gasteiger charge is -2.33. The molecular weight excluding hydrogens is 382 g/mol. The second-order valence-corrected chi connectivity index (χ2v) is 7.33. The van der Waals surface area contributed by atoms with Gasteiger partial charge in [-0.15, -0.1) is 0 Å². The number of aryl methyl sites for hydroxylation is 1. The summed E-state index contributed by atoms with van der Waals surface area (Å²) in [5, 5.41) is 13.4. The lowest BCUT2D eigenvalue weighted by Crippen LogP contribution is -2.48. The summed E-state index contributed by atoms with van der Waals surface area (Å²) < 4.78 is 3.80. The zero-order chi connectivity index (χ0) is 20.7. The number of hydrogen-bond acceptors (Lipinski definition) is 5. The molecule has 1 saturated heterocycles. The molecule has 5 rings (SSSR count). The minimum atomic E-state index is -0.868. The SMILES string of the molecule is Cn1cc(-c2ccn3c(-c4cccc(N5CCN(C(=O)O)CC5)n4)cnc3c2)cn1. The molecule has 0 aromatic carbocycles. The number of carboxylic acid groups (broad SMARTS) is 1. The van der Waals surface area contributed by atoms with Crippen molar-refractivity contribution in [2.45, 2.75) is 0 Å². The first-order chi connectivity index (χ1) is 14.6. The van der Waals surface area contributed by atoms with Crippen LogP contribution < -0.4 is 4.90 Å². The summed E-state index contributed by atoms with van der Waals surface area (Å²) in [4.78, 5) is 24.1. The third kappa shape index (κ3) is 3.24. The van der Waals surface area contributed by atoms with Gasteiger partial charge in [-0.1, -0.05) is 6.07 Å². The molecule has 1 amide bonds. The van der Waals surface area contributed by atoms with Crippen molar-refractivity contribution in [3.63, 3.8) is 0 Å². The number of piperazine rings is 1. The summed E-state index contributed by atoms with van der Waals surface area (Å²) in [6.45, 7) is 2.22. The van der Waals surface area contributed by atoms with E-state index in [0.29, 0.717) is 26.2 Å². The number of carbonyl (C=O) groups is 1. The molecule has 0 aliphatic carbocycles. The molecule has 0 bridgehead atoms. The van der Waals surface area contributed by atoms with Crippen LogP contribution in [0.3, 0.4) is 0 Å². The number of nitrogens with zero attached hydrogens (tertiary/aromatic N) is 7. The zero-order valence-electron chi connectivity index (χ0n) is 16.5. The second-order valence-electron chi connectivity index (χ2n) is 7.33. The molecule has 1 N–H and O–H groups in total. The van der Waals surface area contributed by atoms with Gasteiger partial charge < -0.3 is 14.9 Å². The number of anilines is 1. The average Bonchev–Trinajstić information content (AvgIpc) is 3.39. The van der Waals surface area contributed by atoms with Crippen LogP contribution in [0, 0.1) is 0 Å². The molecule has 1 fully saturated rings. The lowest BCUT2D eigenvalue weighted by molar-refractivity contribution is 0.142. The highest BCUT2D eigenvalue weighted by molar-refractivity contribution is 5.70. The molecule has 9 nitrogen and oxygen atoms in total. The first-order valence-electron chi connectivity index (χ1n) is 9.75. The van der Waals surface area contributed by atoms with Gasteiger partial charge in [-0.05, 0) is 29.8 Å². The lowest BCUT2D eigenvalue weighted by atomic mass is 10.1. The summed E-state index contributed by atoms with van der Waals surface area (Å²) in [5.74, 6) is 0.847. The maximum atomic E-state index is 11.1. The largest absolute Gasteiger partial charge is 0.465 e. The van der Waals surface area contributed by atoms with Crippen LogP contribution in [0.25, 0.3) is 28.2 Å². The monoisotopic (exact) mass is 403 g/mol. The zero-order valence-corrected chi connectivity index (χ0v) is 16.5. The molecule has 152 valence electrons. The Balaban J connectivity index is 1.43. The molecule has 0 unspecified atom stereocenters. The van der Waals surface area contributed by atoms with Crippen LogP contribution in [0.15, 0.2) is 55.1 Å². The summed E-state index contributed by atoms with van der Waals surface area (Å²) >= 11 is 0. The van der Waals surface area contributed by atoms with Gasteiger partial charge in [0.25, 0.3) is 0 Å². The van der Waals surface area contributed by atoms with Crippen LogP contribution >= 0.6 is 0 Å². The van der Waals surface area contributed by atoms with E-state index in [-0.39, 0.29) is 0 Å². The quantitative estimate of drug-likeness (QED) is 0.565. The Hall–Kier alpha value is -3.88. The Bertz CT molecular complexity index is 1220. The van der Waals surface area contributed by atoms with E-state index in [4.69, 9.17) is 10.1 Å². The van der Waals surface area contributed by atoms with Gasteiger partial charge in [0, 0.05) is 51.2 Å². The van der Waals surface area contributed by atoms with Crippen LogP contribution in [0.4, 0.5) is 10.6 Å². The van der Waals surface area contributed by atoms with Crippen molar-refractivity contribution in [1.29, 1.82) is 0 Å². The molecule has 1 aliphatic heterocycles. The maximum Gasteiger partial charge on any atom is 0.407 e. The van der Waals surface area contributed by atoms with Crippen molar-refractivity contribution in [2.24, 2.45) is 7.05 Å². The van der Waals surface area contributed by atoms with Crippen molar-refractivity contribution in [1.82, 2.24) is 29.0 Å².